The Balaban J connectivity index is 2.91. The lowest BCUT2D eigenvalue weighted by atomic mass is 10.0. The van der Waals surface area contributed by atoms with E-state index in [4.69, 9.17) is 9.88 Å². The molecule has 6 heteroatoms. The number of benzene rings is 1. The molecule has 118 valence electrons. The van der Waals surface area contributed by atoms with E-state index >= 15 is 0 Å². The molecule has 0 aliphatic rings. The summed E-state index contributed by atoms with van der Waals surface area (Å²) in [6, 6.07) is 2.74. The topological polar surface area (TPSA) is 86.5 Å². The molecule has 0 bridgehead atoms. The van der Waals surface area contributed by atoms with E-state index in [1.807, 2.05) is 0 Å². The van der Waals surface area contributed by atoms with Gasteiger partial charge in [-0.3, -0.25) is 0 Å². The fourth-order valence-electron chi connectivity index (χ4n) is 1.94. The van der Waals surface area contributed by atoms with E-state index in [0.717, 1.165) is 12.8 Å². The van der Waals surface area contributed by atoms with Gasteiger partial charge in [0, 0.05) is 0 Å². The molecule has 0 unspecified atom stereocenters. The van der Waals surface area contributed by atoms with Crippen molar-refractivity contribution >= 4 is 16.0 Å². The Morgan fingerprint density at radius 1 is 1.29 bits per heavy atom. The molecule has 0 saturated carbocycles. The summed E-state index contributed by atoms with van der Waals surface area (Å²) in [5, 5.41) is 5.12. The molecule has 0 heterocycles. The number of esters is 1. The predicted molar refractivity (Wildman–Crippen MR) is 81.6 cm³/mol. The SMILES string of the molecule is Cc1cc(S(N)(=O)=O)cc(C(=O)OCCCC(C)C)c1C. The molecule has 5 nitrogen and oxygen atoms in total. The number of primary sulfonamides is 1. The van der Waals surface area contributed by atoms with E-state index in [-0.39, 0.29) is 10.5 Å². The zero-order valence-electron chi connectivity index (χ0n) is 13.0. The molecule has 1 rings (SSSR count). The lowest BCUT2D eigenvalue weighted by molar-refractivity contribution is 0.0493. The number of hydrogen-bond donors (Lipinski definition) is 1. The molecule has 0 spiro atoms. The van der Waals surface area contributed by atoms with Gasteiger partial charge in [0.15, 0.2) is 0 Å². The van der Waals surface area contributed by atoms with Crippen LogP contribution in [0.4, 0.5) is 0 Å². The van der Waals surface area contributed by atoms with Gasteiger partial charge in [0.25, 0.3) is 0 Å². The summed E-state index contributed by atoms with van der Waals surface area (Å²) in [5.74, 6) is 0.0447. The molecule has 0 aromatic heterocycles. The molecule has 21 heavy (non-hydrogen) atoms. The summed E-state index contributed by atoms with van der Waals surface area (Å²) in [5.41, 5.74) is 1.65. The van der Waals surface area contributed by atoms with Crippen LogP contribution in [0.2, 0.25) is 0 Å². The predicted octanol–water partition coefficient (Wildman–Crippen LogP) is 2.54. The van der Waals surface area contributed by atoms with Crippen molar-refractivity contribution < 1.29 is 17.9 Å². The lowest BCUT2D eigenvalue weighted by Crippen LogP contribution is -2.15. The van der Waals surface area contributed by atoms with Crippen LogP contribution in [0.1, 0.15) is 48.2 Å². The molecule has 0 radical (unpaired) electrons. The van der Waals surface area contributed by atoms with Crippen molar-refractivity contribution in [3.05, 3.63) is 28.8 Å². The highest BCUT2D eigenvalue weighted by Gasteiger charge is 2.18. The van der Waals surface area contributed by atoms with Crippen molar-refractivity contribution in [3.8, 4) is 0 Å². The quantitative estimate of drug-likeness (QED) is 0.646. The first-order valence-corrected chi connectivity index (χ1v) is 8.48. The summed E-state index contributed by atoms with van der Waals surface area (Å²) in [4.78, 5) is 12.0. The van der Waals surface area contributed by atoms with Crippen LogP contribution >= 0.6 is 0 Å². The number of carbonyl (C=O) groups excluding carboxylic acids is 1. The Morgan fingerprint density at radius 2 is 1.90 bits per heavy atom. The van der Waals surface area contributed by atoms with Gasteiger partial charge in [0.1, 0.15) is 0 Å². The van der Waals surface area contributed by atoms with Gasteiger partial charge in [-0.15, -0.1) is 0 Å². The largest absolute Gasteiger partial charge is 0.462 e. The van der Waals surface area contributed by atoms with Gasteiger partial charge in [0.05, 0.1) is 17.1 Å². The highest BCUT2D eigenvalue weighted by Crippen LogP contribution is 2.20. The Labute approximate surface area is 126 Å². The molecule has 1 aromatic carbocycles. The van der Waals surface area contributed by atoms with E-state index in [1.54, 1.807) is 13.8 Å². The molecule has 0 saturated heterocycles. The van der Waals surface area contributed by atoms with E-state index in [1.165, 1.54) is 12.1 Å². The van der Waals surface area contributed by atoms with Gasteiger partial charge >= 0.3 is 5.97 Å². The minimum atomic E-state index is -3.84. The number of ether oxygens (including phenoxy) is 1. The van der Waals surface area contributed by atoms with E-state index < -0.39 is 16.0 Å². The number of rotatable bonds is 6. The third kappa shape index (κ3) is 5.13. The van der Waals surface area contributed by atoms with Crippen LogP contribution in [-0.2, 0) is 14.8 Å². The highest BCUT2D eigenvalue weighted by atomic mass is 32.2. The Morgan fingerprint density at radius 3 is 2.43 bits per heavy atom. The van der Waals surface area contributed by atoms with Crippen LogP contribution in [0.3, 0.4) is 0 Å². The van der Waals surface area contributed by atoms with Crippen LogP contribution in [0.5, 0.6) is 0 Å². The first-order valence-electron chi connectivity index (χ1n) is 6.94. The maximum atomic E-state index is 12.1. The monoisotopic (exact) mass is 313 g/mol. The molecule has 0 fully saturated rings. The van der Waals surface area contributed by atoms with Gasteiger partial charge < -0.3 is 4.74 Å². The summed E-state index contributed by atoms with van der Waals surface area (Å²) in [7, 11) is -3.84. The van der Waals surface area contributed by atoms with Crippen LogP contribution in [-0.4, -0.2) is 21.0 Å². The van der Waals surface area contributed by atoms with E-state index in [9.17, 15) is 13.2 Å². The molecule has 0 aliphatic heterocycles. The number of hydrogen-bond acceptors (Lipinski definition) is 4. The molecule has 2 N–H and O–H groups in total. The summed E-state index contributed by atoms with van der Waals surface area (Å²) >= 11 is 0. The van der Waals surface area contributed by atoms with Crippen LogP contribution in [0.25, 0.3) is 0 Å². The van der Waals surface area contributed by atoms with E-state index in [0.29, 0.717) is 23.7 Å². The van der Waals surface area contributed by atoms with E-state index in [2.05, 4.69) is 13.8 Å². The minimum Gasteiger partial charge on any atom is -0.462 e. The third-order valence-electron chi connectivity index (χ3n) is 3.35. The second kappa shape index (κ2) is 7.04. The Hall–Kier alpha value is -1.40. The average Bonchev–Trinajstić information content (AvgIpc) is 2.35. The molecule has 0 atom stereocenters. The number of sulfonamides is 1. The first kappa shape index (κ1) is 17.7. The molecule has 0 amide bonds. The summed E-state index contributed by atoms with van der Waals surface area (Å²) < 4.78 is 28.1. The van der Waals surface area contributed by atoms with Crippen LogP contribution < -0.4 is 5.14 Å². The van der Waals surface area contributed by atoms with Gasteiger partial charge in [-0.1, -0.05) is 13.8 Å². The fourth-order valence-corrected chi connectivity index (χ4v) is 2.56. The third-order valence-corrected chi connectivity index (χ3v) is 4.24. The van der Waals surface area contributed by atoms with Gasteiger partial charge in [-0.25, -0.2) is 18.4 Å². The second-order valence-corrected chi connectivity index (χ2v) is 7.19. The van der Waals surface area contributed by atoms with Gasteiger partial charge in [-0.2, -0.15) is 0 Å². The number of nitrogens with two attached hydrogens (primary N) is 1. The zero-order valence-corrected chi connectivity index (χ0v) is 13.8. The standard InChI is InChI=1S/C15H23NO4S/c1-10(2)6-5-7-20-15(17)14-9-13(21(16,18)19)8-11(3)12(14)4/h8-10H,5-7H2,1-4H3,(H2,16,18,19). The Kier molecular flexibility index (Phi) is 5.92. The maximum absolute atomic E-state index is 12.1. The van der Waals surface area contributed by atoms with Gasteiger partial charge in [0.2, 0.25) is 10.0 Å². The second-order valence-electron chi connectivity index (χ2n) is 5.63. The Bertz CT molecular complexity index is 621. The fraction of sp³-hybridized carbons (Fsp3) is 0.533. The van der Waals surface area contributed by atoms with Crippen molar-refractivity contribution in [3.63, 3.8) is 0 Å². The number of aryl methyl sites for hydroxylation is 1. The van der Waals surface area contributed by atoms with Crippen molar-refractivity contribution in [2.45, 2.75) is 45.4 Å². The van der Waals surface area contributed by atoms with Crippen LogP contribution in [0, 0.1) is 19.8 Å². The summed E-state index contributed by atoms with van der Waals surface area (Å²) in [6.45, 7) is 8.03. The van der Waals surface area contributed by atoms with Crippen molar-refractivity contribution in [2.75, 3.05) is 6.61 Å². The molecular formula is C15H23NO4S. The maximum Gasteiger partial charge on any atom is 0.338 e. The van der Waals surface area contributed by atoms with Crippen molar-refractivity contribution in [2.24, 2.45) is 11.1 Å². The normalized spacial score (nSPS) is 11.7. The smallest absolute Gasteiger partial charge is 0.338 e. The van der Waals surface area contributed by atoms with Crippen molar-refractivity contribution in [1.29, 1.82) is 0 Å². The highest BCUT2D eigenvalue weighted by molar-refractivity contribution is 7.89. The van der Waals surface area contributed by atoms with Crippen LogP contribution in [0.15, 0.2) is 17.0 Å². The van der Waals surface area contributed by atoms with Crippen molar-refractivity contribution in [1.82, 2.24) is 0 Å². The molecular weight excluding hydrogens is 290 g/mol. The molecule has 0 aliphatic carbocycles. The van der Waals surface area contributed by atoms with Gasteiger partial charge in [-0.05, 0) is 55.9 Å². The zero-order chi connectivity index (χ0) is 16.2. The minimum absolute atomic E-state index is 0.0697. The average molecular weight is 313 g/mol. The first-order chi connectivity index (χ1) is 9.62. The lowest BCUT2D eigenvalue weighted by Gasteiger charge is -2.11. The summed E-state index contributed by atoms with van der Waals surface area (Å²) in [6.07, 6.45) is 1.76. The molecule has 1 aromatic rings. The number of carbonyl (C=O) groups is 1.